The van der Waals surface area contributed by atoms with E-state index < -0.39 is 0 Å². The van der Waals surface area contributed by atoms with Crippen molar-refractivity contribution in [3.63, 3.8) is 0 Å². The van der Waals surface area contributed by atoms with Crippen LogP contribution in [0, 0.1) is 5.92 Å². The van der Waals surface area contributed by atoms with Crippen molar-refractivity contribution < 1.29 is 4.79 Å². The summed E-state index contributed by atoms with van der Waals surface area (Å²) in [5, 5.41) is 0. The zero-order chi connectivity index (χ0) is 14.7. The second kappa shape index (κ2) is 6.16. The lowest BCUT2D eigenvalue weighted by atomic mass is 10.0. The summed E-state index contributed by atoms with van der Waals surface area (Å²) in [6.45, 7) is 5.31. The predicted molar refractivity (Wildman–Crippen MR) is 83.8 cm³/mol. The number of amides is 1. The molecule has 1 saturated carbocycles. The molecule has 0 unspecified atom stereocenters. The molecule has 0 saturated heterocycles. The molecule has 1 fully saturated rings. The number of carbonyl (C=O) groups is 1. The molecule has 1 aliphatic rings. The third-order valence-corrected chi connectivity index (χ3v) is 3.92. The number of hydrogen-bond acceptors (Lipinski definition) is 3. The molecule has 20 heavy (non-hydrogen) atoms. The van der Waals surface area contributed by atoms with Gasteiger partial charge in [0, 0.05) is 18.3 Å². The van der Waals surface area contributed by atoms with Gasteiger partial charge in [0.2, 0.25) is 0 Å². The van der Waals surface area contributed by atoms with Crippen LogP contribution in [0.25, 0.3) is 0 Å². The molecule has 110 valence electrons. The minimum Gasteiger partial charge on any atom is -0.399 e. The van der Waals surface area contributed by atoms with Gasteiger partial charge in [-0.25, -0.2) is 0 Å². The average molecular weight is 275 g/mol. The third-order valence-electron chi connectivity index (χ3n) is 3.92. The van der Waals surface area contributed by atoms with Crippen molar-refractivity contribution in [3.05, 3.63) is 23.8 Å². The standard InChI is InChI=1S/C16H25N3O/c1-11(2)10-19(13-5-3-4-6-13)15-9-12(17)7-8-14(15)16(18)20/h7-9,11,13H,3-6,10,17H2,1-2H3,(H2,18,20). The Hall–Kier alpha value is -1.71. The maximum atomic E-state index is 11.7. The van der Waals surface area contributed by atoms with Crippen molar-refractivity contribution in [1.82, 2.24) is 0 Å². The van der Waals surface area contributed by atoms with Crippen LogP contribution in [0.2, 0.25) is 0 Å². The van der Waals surface area contributed by atoms with Crippen molar-refractivity contribution in [2.75, 3.05) is 17.2 Å². The Morgan fingerprint density at radius 3 is 2.55 bits per heavy atom. The quantitative estimate of drug-likeness (QED) is 0.812. The molecule has 4 heteroatoms. The number of nitrogens with two attached hydrogens (primary N) is 2. The number of hydrogen-bond donors (Lipinski definition) is 2. The highest BCUT2D eigenvalue weighted by atomic mass is 16.1. The summed E-state index contributed by atoms with van der Waals surface area (Å²) < 4.78 is 0. The van der Waals surface area contributed by atoms with Gasteiger partial charge >= 0.3 is 0 Å². The topological polar surface area (TPSA) is 72.3 Å². The molecule has 1 aliphatic carbocycles. The van der Waals surface area contributed by atoms with Gasteiger partial charge in [-0.2, -0.15) is 0 Å². The van der Waals surface area contributed by atoms with Crippen LogP contribution in [-0.4, -0.2) is 18.5 Å². The van der Waals surface area contributed by atoms with Gasteiger partial charge in [-0.1, -0.05) is 26.7 Å². The summed E-state index contributed by atoms with van der Waals surface area (Å²) in [5.41, 5.74) is 13.6. The Bertz CT molecular complexity index is 479. The highest BCUT2D eigenvalue weighted by Gasteiger charge is 2.26. The largest absolute Gasteiger partial charge is 0.399 e. The van der Waals surface area contributed by atoms with Gasteiger partial charge in [0.25, 0.3) is 5.91 Å². The van der Waals surface area contributed by atoms with Crippen LogP contribution in [0.1, 0.15) is 49.9 Å². The lowest BCUT2D eigenvalue weighted by Gasteiger charge is -2.34. The first-order chi connectivity index (χ1) is 9.49. The molecule has 4 nitrogen and oxygen atoms in total. The Kier molecular flexibility index (Phi) is 4.53. The van der Waals surface area contributed by atoms with E-state index in [9.17, 15) is 4.79 Å². The van der Waals surface area contributed by atoms with Gasteiger partial charge in [0.1, 0.15) is 0 Å². The Morgan fingerprint density at radius 2 is 2.00 bits per heavy atom. The number of benzene rings is 1. The minimum absolute atomic E-state index is 0.383. The van der Waals surface area contributed by atoms with Gasteiger partial charge in [-0.05, 0) is 37.0 Å². The van der Waals surface area contributed by atoms with Gasteiger partial charge in [0.05, 0.1) is 11.3 Å². The van der Waals surface area contributed by atoms with Crippen LogP contribution in [0.5, 0.6) is 0 Å². The van der Waals surface area contributed by atoms with E-state index in [-0.39, 0.29) is 5.91 Å². The molecular formula is C16H25N3O. The fourth-order valence-corrected chi connectivity index (χ4v) is 3.05. The van der Waals surface area contributed by atoms with E-state index in [1.165, 1.54) is 25.7 Å². The van der Waals surface area contributed by atoms with E-state index in [1.807, 2.05) is 6.07 Å². The van der Waals surface area contributed by atoms with E-state index >= 15 is 0 Å². The molecule has 1 aromatic carbocycles. The number of nitrogen functional groups attached to an aromatic ring is 1. The van der Waals surface area contributed by atoms with Crippen LogP contribution in [-0.2, 0) is 0 Å². The summed E-state index contributed by atoms with van der Waals surface area (Å²) in [7, 11) is 0. The number of anilines is 2. The second-order valence-electron chi connectivity index (χ2n) is 6.13. The second-order valence-corrected chi connectivity index (χ2v) is 6.13. The highest BCUT2D eigenvalue weighted by molar-refractivity contribution is 5.99. The highest BCUT2D eigenvalue weighted by Crippen LogP contribution is 2.32. The maximum absolute atomic E-state index is 11.7. The minimum atomic E-state index is -0.383. The van der Waals surface area contributed by atoms with Crippen molar-refractivity contribution in [3.8, 4) is 0 Å². The lowest BCUT2D eigenvalue weighted by molar-refractivity contribution is 0.100. The molecule has 4 N–H and O–H groups in total. The van der Waals surface area contributed by atoms with Crippen molar-refractivity contribution in [1.29, 1.82) is 0 Å². The fourth-order valence-electron chi connectivity index (χ4n) is 3.05. The molecule has 0 atom stereocenters. The molecular weight excluding hydrogens is 250 g/mol. The summed E-state index contributed by atoms with van der Waals surface area (Å²) >= 11 is 0. The Morgan fingerprint density at radius 1 is 1.35 bits per heavy atom. The van der Waals surface area contributed by atoms with Gasteiger partial charge < -0.3 is 16.4 Å². The number of primary amides is 1. The van der Waals surface area contributed by atoms with Crippen LogP contribution in [0.15, 0.2) is 18.2 Å². The normalized spacial score (nSPS) is 15.8. The first-order valence-corrected chi connectivity index (χ1v) is 7.45. The number of nitrogens with zero attached hydrogens (tertiary/aromatic N) is 1. The van der Waals surface area contributed by atoms with E-state index in [2.05, 4.69) is 18.7 Å². The molecule has 0 heterocycles. The third kappa shape index (κ3) is 3.24. The summed E-state index contributed by atoms with van der Waals surface area (Å²) in [5.74, 6) is 0.143. The molecule has 2 rings (SSSR count). The van der Waals surface area contributed by atoms with Crippen molar-refractivity contribution in [2.24, 2.45) is 11.7 Å². The van der Waals surface area contributed by atoms with Crippen molar-refractivity contribution in [2.45, 2.75) is 45.6 Å². The Balaban J connectivity index is 2.40. The van der Waals surface area contributed by atoms with Crippen LogP contribution < -0.4 is 16.4 Å². The summed E-state index contributed by atoms with van der Waals surface area (Å²) in [4.78, 5) is 14.0. The summed E-state index contributed by atoms with van der Waals surface area (Å²) in [6, 6.07) is 5.87. The fraction of sp³-hybridized carbons (Fsp3) is 0.562. The predicted octanol–water partition coefficient (Wildman–Crippen LogP) is 2.77. The van der Waals surface area contributed by atoms with E-state index in [4.69, 9.17) is 11.5 Å². The van der Waals surface area contributed by atoms with Crippen molar-refractivity contribution >= 4 is 17.3 Å². The monoisotopic (exact) mass is 275 g/mol. The SMILES string of the molecule is CC(C)CN(c1cc(N)ccc1C(N)=O)C1CCCC1. The van der Waals surface area contributed by atoms with E-state index in [1.54, 1.807) is 12.1 Å². The number of carbonyl (C=O) groups excluding carboxylic acids is 1. The van der Waals surface area contributed by atoms with E-state index in [0.29, 0.717) is 23.2 Å². The van der Waals surface area contributed by atoms with Gasteiger partial charge in [0.15, 0.2) is 0 Å². The van der Waals surface area contributed by atoms with E-state index in [0.717, 1.165) is 12.2 Å². The molecule has 0 aliphatic heterocycles. The zero-order valence-electron chi connectivity index (χ0n) is 12.4. The van der Waals surface area contributed by atoms with Gasteiger partial charge in [-0.15, -0.1) is 0 Å². The first-order valence-electron chi connectivity index (χ1n) is 7.45. The maximum Gasteiger partial charge on any atom is 0.250 e. The molecule has 0 radical (unpaired) electrons. The van der Waals surface area contributed by atoms with Crippen LogP contribution in [0.3, 0.4) is 0 Å². The number of rotatable bonds is 5. The molecule has 0 aromatic heterocycles. The molecule has 1 amide bonds. The van der Waals surface area contributed by atoms with Crippen LogP contribution in [0.4, 0.5) is 11.4 Å². The Labute approximate surface area is 121 Å². The molecule has 0 bridgehead atoms. The zero-order valence-corrected chi connectivity index (χ0v) is 12.4. The molecule has 1 aromatic rings. The van der Waals surface area contributed by atoms with Gasteiger partial charge in [-0.3, -0.25) is 4.79 Å². The molecule has 0 spiro atoms. The summed E-state index contributed by atoms with van der Waals surface area (Å²) in [6.07, 6.45) is 4.88. The lowest BCUT2D eigenvalue weighted by Crippen LogP contribution is -2.37. The first kappa shape index (κ1) is 14.7. The smallest absolute Gasteiger partial charge is 0.250 e. The van der Waals surface area contributed by atoms with Crippen LogP contribution >= 0.6 is 0 Å². The average Bonchev–Trinajstić information content (AvgIpc) is 2.88.